The highest BCUT2D eigenvalue weighted by Gasteiger charge is 2.01. The van der Waals surface area contributed by atoms with Crippen LogP contribution in [-0.2, 0) is 0 Å². The van der Waals surface area contributed by atoms with Gasteiger partial charge in [-0.25, -0.2) is 4.32 Å². The van der Waals surface area contributed by atoms with Crippen LogP contribution in [0.25, 0.3) is 4.89 Å². The maximum absolute atomic E-state index is 10.2. The normalized spacial score (nSPS) is 4.00. The molecule has 0 N–H and O–H groups in total. The van der Waals surface area contributed by atoms with Gasteiger partial charge in [-0.05, 0) is 0 Å². The van der Waals surface area contributed by atoms with Crippen LogP contribution in [0.3, 0.4) is 0 Å². The lowest BCUT2D eigenvalue weighted by Gasteiger charge is -1.15. The first-order valence-corrected chi connectivity index (χ1v) is 0.676. The van der Waals surface area contributed by atoms with Crippen molar-refractivity contribution in [2.24, 2.45) is 0 Å². The fourth-order valence-electron chi connectivity index (χ4n) is 0. The van der Waals surface area contributed by atoms with E-state index < -0.39 is 0 Å². The van der Waals surface area contributed by atoms with Crippen LogP contribution in [0.2, 0.25) is 0 Å². The summed E-state index contributed by atoms with van der Waals surface area (Å²) in [5, 5.41) is 7.07. The second-order valence-electron chi connectivity index (χ2n) is 0.213. The van der Waals surface area contributed by atoms with E-state index in [9.17, 15) is 4.32 Å². The predicted octanol–water partition coefficient (Wildman–Crippen LogP) is 0.343. The summed E-state index contributed by atoms with van der Waals surface area (Å²) in [6.07, 6.45) is 0. The van der Waals surface area contributed by atoms with E-state index in [1.165, 1.54) is 0 Å². The molecule has 0 bridgehead atoms. The first kappa shape index (κ1) is 3.41. The zero-order valence-electron chi connectivity index (χ0n) is 1.85. The molecule has 0 aromatic rings. The van der Waals surface area contributed by atoms with Gasteiger partial charge in [-0.1, -0.05) is 0 Å². The third-order valence-corrected chi connectivity index (χ3v) is 0.0436. The zero-order valence-corrected chi connectivity index (χ0v) is 1.85. The second kappa shape index (κ2) is 2.41. The number of hydrogen-bond acceptors (Lipinski definition) is 1. The van der Waals surface area contributed by atoms with Crippen molar-refractivity contribution in [3.8, 4) is 0 Å². The third-order valence-electron chi connectivity index (χ3n) is 0.0436. The molecule has 0 saturated heterocycles. The Kier molecular flexibility index (Phi) is 2.06. The number of diazo groups is 1. The lowest BCUT2D eigenvalue weighted by molar-refractivity contribution is 0.880. The molecule has 0 amide bonds. The Hall–Kier alpha value is -0.585. The van der Waals surface area contributed by atoms with Crippen molar-refractivity contribution in [3.63, 3.8) is 0 Å². The van der Waals surface area contributed by atoms with E-state index in [2.05, 4.69) is 0 Å². The van der Waals surface area contributed by atoms with Gasteiger partial charge in [0.2, 0.25) is 0 Å². The van der Waals surface area contributed by atoms with Crippen LogP contribution in [0.5, 0.6) is 0 Å². The third kappa shape index (κ3) is 1.41. The van der Waals surface area contributed by atoms with Gasteiger partial charge in [-0.2, -0.15) is 0 Å². The highest BCUT2D eigenvalue weighted by molar-refractivity contribution is 6.30. The van der Waals surface area contributed by atoms with Gasteiger partial charge < -0.3 is 0 Å². The summed E-state index contributed by atoms with van der Waals surface area (Å²) in [6, 6.07) is 0. The molecule has 0 aliphatic heterocycles. The van der Waals surface area contributed by atoms with Gasteiger partial charge in [0.1, 0.15) is 0 Å². The molecular formula is BFN2+. The van der Waals surface area contributed by atoms with Gasteiger partial charge in [0, 0.05) is 4.89 Å². The van der Waals surface area contributed by atoms with Gasteiger partial charge in [-0.15, -0.1) is 0 Å². The number of nitrogens with zero attached hydrogens (tertiary/aromatic N) is 2. The topological polar surface area (TPSA) is 28.1 Å². The Bertz CT molecular complexity index is 35.8. The minimum absolute atomic E-state index is 0.194. The summed E-state index contributed by atoms with van der Waals surface area (Å²) in [7, 11) is -0.194. The van der Waals surface area contributed by atoms with Crippen LogP contribution in [0.1, 0.15) is 0 Å². The van der Waals surface area contributed by atoms with Crippen LogP contribution >= 0.6 is 0 Å². The monoisotopic (exact) mass is 58.0 g/mol. The highest BCUT2D eigenvalue weighted by Crippen LogP contribution is 1.52. The molecule has 0 aromatic carbocycles. The Morgan fingerprint density at radius 2 is 2.25 bits per heavy atom. The average molecular weight is 57.8 g/mol. The molecule has 0 unspecified atom stereocenters. The Morgan fingerprint density at radius 1 is 2.00 bits per heavy atom. The summed E-state index contributed by atoms with van der Waals surface area (Å²) >= 11 is 0. The Balaban J connectivity index is 2.43. The quantitative estimate of drug-likeness (QED) is 0.291. The largest absolute Gasteiger partial charge is 1.00 e. The van der Waals surface area contributed by atoms with Crippen LogP contribution in [0.4, 0.5) is 4.32 Å². The lowest BCUT2D eigenvalue weighted by Crippen LogP contribution is -1.52. The van der Waals surface area contributed by atoms with Crippen LogP contribution < -0.4 is 0 Å². The predicted molar refractivity (Wildman–Crippen MR) is 11.9 cm³/mol. The molecule has 4 heteroatoms. The molecule has 2 nitrogen and oxygen atoms in total. The fourth-order valence-corrected chi connectivity index (χ4v) is 0. The molecule has 4 heavy (non-hydrogen) atoms. The molecular weight excluding hydrogens is 57.8 g/mol. The summed E-state index contributed by atoms with van der Waals surface area (Å²) in [5.74, 6) is 0. The van der Waals surface area contributed by atoms with Gasteiger partial charge in [0.25, 0.3) is 0 Å². The highest BCUT2D eigenvalue weighted by atomic mass is 19.1. The first-order chi connectivity index (χ1) is 1.91. The Labute approximate surface area is 23.6 Å². The SMILES string of the molecule is N#[N+][B]F. The van der Waals surface area contributed by atoms with Gasteiger partial charge in [0.15, 0.2) is 5.39 Å². The van der Waals surface area contributed by atoms with Crippen molar-refractivity contribution in [3.05, 3.63) is 4.89 Å². The summed E-state index contributed by atoms with van der Waals surface area (Å²) in [4.78, 5) is 1.94. The number of hydrogen-bond donors (Lipinski definition) is 0. The van der Waals surface area contributed by atoms with Crippen molar-refractivity contribution >= 4 is 7.69 Å². The van der Waals surface area contributed by atoms with E-state index in [1.54, 1.807) is 0 Å². The summed E-state index contributed by atoms with van der Waals surface area (Å²) in [5.41, 5.74) is 0. The van der Waals surface area contributed by atoms with Crippen LogP contribution in [0.15, 0.2) is 0 Å². The lowest BCUT2D eigenvalue weighted by atomic mass is 10.4. The van der Waals surface area contributed by atoms with Crippen molar-refractivity contribution in [1.82, 2.24) is 0 Å². The molecule has 19 valence electrons. The molecule has 0 aromatic heterocycles. The number of halogens is 1. The van der Waals surface area contributed by atoms with Crippen molar-refractivity contribution < 1.29 is 4.32 Å². The van der Waals surface area contributed by atoms with E-state index in [1.807, 2.05) is 4.89 Å². The van der Waals surface area contributed by atoms with Gasteiger partial charge >= 0.3 is 7.69 Å². The van der Waals surface area contributed by atoms with Gasteiger partial charge in [-0.3, -0.25) is 0 Å². The average Bonchev–Trinajstić information content (AvgIpc) is 1.37. The summed E-state index contributed by atoms with van der Waals surface area (Å²) in [6.45, 7) is 0. The molecule has 0 aliphatic carbocycles. The maximum Gasteiger partial charge on any atom is 1.00 e. The first-order valence-electron chi connectivity index (χ1n) is 0.676. The zero-order chi connectivity index (χ0) is 3.41. The number of rotatable bonds is 0. The molecule has 0 atom stereocenters. The Morgan fingerprint density at radius 3 is 2.25 bits per heavy atom. The second-order valence-corrected chi connectivity index (χ2v) is 0.213. The smallest absolute Gasteiger partial charge is 0.228 e. The molecule has 0 rings (SSSR count). The molecule has 0 heterocycles. The van der Waals surface area contributed by atoms with Crippen LogP contribution in [0, 0.1) is 5.39 Å². The standard InChI is InChI=1S/BFN2/c2-1-4-3/q+1. The maximum atomic E-state index is 10.2. The molecule has 1 radical (unpaired) electrons. The van der Waals surface area contributed by atoms with Crippen LogP contribution in [-0.4, -0.2) is 7.69 Å². The van der Waals surface area contributed by atoms with E-state index >= 15 is 0 Å². The van der Waals surface area contributed by atoms with E-state index in [0.717, 1.165) is 0 Å². The minimum atomic E-state index is -0.194. The van der Waals surface area contributed by atoms with Gasteiger partial charge in [0.05, 0.1) is 0 Å². The van der Waals surface area contributed by atoms with Crippen molar-refractivity contribution in [2.45, 2.75) is 0 Å². The summed E-state index contributed by atoms with van der Waals surface area (Å²) < 4.78 is 10.2. The van der Waals surface area contributed by atoms with Crippen molar-refractivity contribution in [2.75, 3.05) is 0 Å². The van der Waals surface area contributed by atoms with E-state index in [0.29, 0.717) is 0 Å². The van der Waals surface area contributed by atoms with E-state index in [-0.39, 0.29) is 7.69 Å². The molecule has 0 fully saturated rings. The molecule has 0 aliphatic rings. The van der Waals surface area contributed by atoms with E-state index in [4.69, 9.17) is 5.39 Å². The molecule has 0 spiro atoms. The minimum Gasteiger partial charge on any atom is -0.228 e. The molecule has 0 saturated carbocycles. The fraction of sp³-hybridized carbons (Fsp3) is 0. The van der Waals surface area contributed by atoms with Crippen molar-refractivity contribution in [1.29, 1.82) is 5.39 Å².